The molecule has 16 heavy (non-hydrogen) atoms. The number of nitrogens with one attached hydrogen (secondary N) is 1. The molecule has 1 aromatic carbocycles. The molecule has 1 nitrogen and oxygen atoms in total. The van der Waals surface area contributed by atoms with Crippen molar-refractivity contribution in [2.45, 2.75) is 33.1 Å². The summed E-state index contributed by atoms with van der Waals surface area (Å²) in [6.07, 6.45) is 3.04. The molecule has 0 aliphatic rings. The third-order valence-electron chi connectivity index (χ3n) is 2.78. The molecule has 0 saturated heterocycles. The van der Waals surface area contributed by atoms with Crippen molar-refractivity contribution in [3.8, 4) is 0 Å². The van der Waals surface area contributed by atoms with E-state index in [2.05, 4.69) is 19.2 Å². The highest BCUT2D eigenvalue weighted by Gasteiger charge is 2.05. The van der Waals surface area contributed by atoms with Gasteiger partial charge in [-0.05, 0) is 49.9 Å². The molecular weight excluding hydrogens is 201 g/mol. The van der Waals surface area contributed by atoms with Crippen LogP contribution < -0.4 is 5.32 Å². The molecule has 0 amide bonds. The van der Waals surface area contributed by atoms with E-state index in [1.165, 1.54) is 12.5 Å². The Labute approximate surface area is 98.1 Å². The molecule has 0 heterocycles. The van der Waals surface area contributed by atoms with Crippen LogP contribution >= 0.6 is 0 Å². The smallest absolute Gasteiger partial charge is 0.126 e. The fraction of sp³-hybridized carbons (Fsp3) is 0.571. The Morgan fingerprint density at radius 1 is 1.31 bits per heavy atom. The van der Waals surface area contributed by atoms with Gasteiger partial charge in [-0.2, -0.15) is 0 Å². The van der Waals surface area contributed by atoms with Crippen LogP contribution in [0.25, 0.3) is 0 Å². The van der Waals surface area contributed by atoms with Crippen molar-refractivity contribution in [3.05, 3.63) is 35.6 Å². The van der Waals surface area contributed by atoms with Crippen LogP contribution in [0.2, 0.25) is 0 Å². The zero-order chi connectivity index (χ0) is 11.8. The second kappa shape index (κ2) is 7.39. The van der Waals surface area contributed by atoms with Crippen LogP contribution in [0, 0.1) is 11.7 Å². The molecular formula is C14H22FN. The molecule has 1 N–H and O–H groups in total. The third-order valence-corrected chi connectivity index (χ3v) is 2.78. The van der Waals surface area contributed by atoms with Gasteiger partial charge in [0.1, 0.15) is 5.82 Å². The summed E-state index contributed by atoms with van der Waals surface area (Å²) in [6, 6.07) is 7.06. The highest BCUT2D eigenvalue weighted by molar-refractivity contribution is 5.17. The summed E-state index contributed by atoms with van der Waals surface area (Å²) in [5.74, 6) is 0.530. The highest BCUT2D eigenvalue weighted by atomic mass is 19.1. The van der Waals surface area contributed by atoms with Gasteiger partial charge in [-0.1, -0.05) is 32.0 Å². The monoisotopic (exact) mass is 223 g/mol. The first kappa shape index (κ1) is 13.2. The van der Waals surface area contributed by atoms with Crippen LogP contribution in [0.5, 0.6) is 0 Å². The molecule has 0 spiro atoms. The zero-order valence-corrected chi connectivity index (χ0v) is 10.3. The van der Waals surface area contributed by atoms with E-state index in [0.29, 0.717) is 5.92 Å². The molecule has 1 atom stereocenters. The Kier molecular flexibility index (Phi) is 6.09. The minimum Gasteiger partial charge on any atom is -0.316 e. The average Bonchev–Trinajstić information content (AvgIpc) is 2.28. The van der Waals surface area contributed by atoms with Gasteiger partial charge in [0.05, 0.1) is 0 Å². The molecule has 0 radical (unpaired) electrons. The van der Waals surface area contributed by atoms with E-state index in [-0.39, 0.29) is 5.82 Å². The molecule has 1 aromatic rings. The van der Waals surface area contributed by atoms with Crippen molar-refractivity contribution >= 4 is 0 Å². The maximum atomic E-state index is 13.3. The predicted molar refractivity (Wildman–Crippen MR) is 67.0 cm³/mol. The number of rotatable bonds is 7. The van der Waals surface area contributed by atoms with Crippen LogP contribution in [0.15, 0.2) is 24.3 Å². The van der Waals surface area contributed by atoms with Crippen molar-refractivity contribution < 1.29 is 4.39 Å². The fourth-order valence-corrected chi connectivity index (χ4v) is 1.73. The van der Waals surface area contributed by atoms with E-state index in [1.807, 2.05) is 12.1 Å². The SMILES string of the molecule is CCCNCC(C)CCc1ccccc1F. The lowest BCUT2D eigenvalue weighted by Crippen LogP contribution is -2.22. The molecule has 2 heteroatoms. The molecule has 90 valence electrons. The Bertz CT molecular complexity index is 299. The molecule has 0 fully saturated rings. The first-order chi connectivity index (χ1) is 7.74. The lowest BCUT2D eigenvalue weighted by Gasteiger charge is -2.12. The van der Waals surface area contributed by atoms with Gasteiger partial charge < -0.3 is 5.32 Å². The zero-order valence-electron chi connectivity index (χ0n) is 10.3. The summed E-state index contributed by atoms with van der Waals surface area (Å²) in [6.45, 7) is 6.48. The first-order valence-electron chi connectivity index (χ1n) is 6.18. The maximum Gasteiger partial charge on any atom is 0.126 e. The Morgan fingerprint density at radius 2 is 2.06 bits per heavy atom. The van der Waals surface area contributed by atoms with E-state index >= 15 is 0 Å². The summed E-state index contributed by atoms with van der Waals surface area (Å²) < 4.78 is 13.3. The van der Waals surface area contributed by atoms with Crippen molar-refractivity contribution in [2.75, 3.05) is 13.1 Å². The van der Waals surface area contributed by atoms with Gasteiger partial charge in [0.15, 0.2) is 0 Å². The van der Waals surface area contributed by atoms with Gasteiger partial charge in [0.2, 0.25) is 0 Å². The van der Waals surface area contributed by atoms with E-state index in [4.69, 9.17) is 0 Å². The number of hydrogen-bond acceptors (Lipinski definition) is 1. The van der Waals surface area contributed by atoms with Crippen LogP contribution in [-0.4, -0.2) is 13.1 Å². The van der Waals surface area contributed by atoms with Crippen LogP contribution in [0.1, 0.15) is 32.3 Å². The van der Waals surface area contributed by atoms with E-state index in [9.17, 15) is 4.39 Å². The summed E-state index contributed by atoms with van der Waals surface area (Å²) in [5, 5.41) is 3.39. The molecule has 0 bridgehead atoms. The van der Waals surface area contributed by atoms with Gasteiger partial charge in [-0.3, -0.25) is 0 Å². The summed E-state index contributed by atoms with van der Waals surface area (Å²) in [4.78, 5) is 0. The number of hydrogen-bond donors (Lipinski definition) is 1. The minimum atomic E-state index is -0.0729. The molecule has 1 unspecified atom stereocenters. The van der Waals surface area contributed by atoms with Crippen molar-refractivity contribution in [2.24, 2.45) is 5.92 Å². The van der Waals surface area contributed by atoms with Gasteiger partial charge in [0, 0.05) is 0 Å². The van der Waals surface area contributed by atoms with Gasteiger partial charge in [-0.15, -0.1) is 0 Å². The average molecular weight is 223 g/mol. The van der Waals surface area contributed by atoms with Gasteiger partial charge in [-0.25, -0.2) is 4.39 Å². The quantitative estimate of drug-likeness (QED) is 0.699. The van der Waals surface area contributed by atoms with E-state index < -0.39 is 0 Å². The van der Waals surface area contributed by atoms with Crippen LogP contribution in [-0.2, 0) is 6.42 Å². The van der Waals surface area contributed by atoms with Gasteiger partial charge >= 0.3 is 0 Å². The summed E-state index contributed by atoms with van der Waals surface area (Å²) in [7, 11) is 0. The molecule has 0 aliphatic heterocycles. The number of aryl methyl sites for hydroxylation is 1. The van der Waals surface area contributed by atoms with Crippen LogP contribution in [0.3, 0.4) is 0 Å². The third kappa shape index (κ3) is 4.75. The molecule has 0 saturated carbocycles. The van der Waals surface area contributed by atoms with Crippen molar-refractivity contribution in [1.29, 1.82) is 0 Å². The van der Waals surface area contributed by atoms with Crippen molar-refractivity contribution in [3.63, 3.8) is 0 Å². The van der Waals surface area contributed by atoms with Gasteiger partial charge in [0.25, 0.3) is 0 Å². The first-order valence-corrected chi connectivity index (χ1v) is 6.18. The Morgan fingerprint density at radius 3 is 2.75 bits per heavy atom. The highest BCUT2D eigenvalue weighted by Crippen LogP contribution is 2.12. The standard InChI is InChI=1S/C14H22FN/c1-3-10-16-11-12(2)8-9-13-6-4-5-7-14(13)15/h4-7,12,16H,3,8-11H2,1-2H3. The normalized spacial score (nSPS) is 12.7. The minimum absolute atomic E-state index is 0.0729. The van der Waals surface area contributed by atoms with Crippen LogP contribution in [0.4, 0.5) is 4.39 Å². The Balaban J connectivity index is 2.26. The lowest BCUT2D eigenvalue weighted by atomic mass is 10.0. The second-order valence-corrected chi connectivity index (χ2v) is 4.44. The molecule has 0 aliphatic carbocycles. The predicted octanol–water partition coefficient (Wildman–Crippen LogP) is 3.39. The number of halogens is 1. The second-order valence-electron chi connectivity index (χ2n) is 4.44. The van der Waals surface area contributed by atoms with Crippen molar-refractivity contribution in [1.82, 2.24) is 5.32 Å². The lowest BCUT2D eigenvalue weighted by molar-refractivity contribution is 0.476. The fourth-order valence-electron chi connectivity index (χ4n) is 1.73. The summed E-state index contributed by atoms with van der Waals surface area (Å²) in [5.41, 5.74) is 0.838. The van der Waals surface area contributed by atoms with E-state index in [1.54, 1.807) is 6.07 Å². The molecule has 1 rings (SSSR count). The molecule has 0 aromatic heterocycles. The topological polar surface area (TPSA) is 12.0 Å². The Hall–Kier alpha value is -0.890. The number of benzene rings is 1. The summed E-state index contributed by atoms with van der Waals surface area (Å²) >= 11 is 0. The van der Waals surface area contributed by atoms with E-state index in [0.717, 1.165) is 31.5 Å². The maximum absolute atomic E-state index is 13.3. The largest absolute Gasteiger partial charge is 0.316 e.